The van der Waals surface area contributed by atoms with Crippen LogP contribution in [0.3, 0.4) is 0 Å². The van der Waals surface area contributed by atoms with Gasteiger partial charge in [0.1, 0.15) is 45.4 Å². The quantitative estimate of drug-likeness (QED) is 0.0318. The first-order chi connectivity index (χ1) is 36.2. The second-order valence-corrected chi connectivity index (χ2v) is 17.1. The van der Waals surface area contributed by atoms with E-state index in [1.54, 1.807) is 43.0 Å². The summed E-state index contributed by atoms with van der Waals surface area (Å²) in [5, 5.41) is 29.5. The molecule has 6 heterocycles. The van der Waals surface area contributed by atoms with E-state index in [0.717, 1.165) is 33.5 Å². The van der Waals surface area contributed by atoms with Crippen LogP contribution in [-0.2, 0) is 24.4 Å². The van der Waals surface area contributed by atoms with Crippen LogP contribution in [0.5, 0.6) is 17.2 Å². The van der Waals surface area contributed by atoms with Crippen molar-refractivity contribution >= 4 is 39.7 Å². The van der Waals surface area contributed by atoms with Gasteiger partial charge in [-0.3, -0.25) is 14.0 Å². The van der Waals surface area contributed by atoms with Crippen LogP contribution in [-0.4, -0.2) is 98.7 Å². The smallest absolute Gasteiger partial charge is 0.358 e. The van der Waals surface area contributed by atoms with Crippen LogP contribution in [0, 0.1) is 12.3 Å². The normalized spacial score (nSPS) is 10.6. The number of para-hydroxylation sites is 2. The van der Waals surface area contributed by atoms with Gasteiger partial charge in [-0.1, -0.05) is 40.7 Å². The summed E-state index contributed by atoms with van der Waals surface area (Å²) in [7, 11) is 6.19. The van der Waals surface area contributed by atoms with Crippen molar-refractivity contribution in [3.05, 3.63) is 142 Å². The fourth-order valence-corrected chi connectivity index (χ4v) is 7.00. The maximum absolute atomic E-state index is 11.0. The number of fused-ring (bicyclic) bond motifs is 2. The number of rotatable bonds is 15. The van der Waals surface area contributed by atoms with E-state index in [1.807, 2.05) is 128 Å². The van der Waals surface area contributed by atoms with Crippen molar-refractivity contribution in [3.63, 3.8) is 0 Å². The highest BCUT2D eigenvalue weighted by Gasteiger charge is 2.16. The number of aromatic nitrogens is 13. The lowest BCUT2D eigenvalue weighted by Gasteiger charge is -2.10. The third-order valence-electron chi connectivity index (χ3n) is 10.9. The first kappa shape index (κ1) is 54.8. The molecule has 0 saturated heterocycles. The molecule has 0 aliphatic rings. The van der Waals surface area contributed by atoms with Crippen molar-refractivity contribution < 1.29 is 23.7 Å². The average molecular weight is 1020 g/mol. The monoisotopic (exact) mass is 1020 g/mol. The number of nitrogen functional groups attached to an aromatic ring is 1. The number of esters is 1. The van der Waals surface area contributed by atoms with Crippen LogP contribution in [0.2, 0.25) is 0 Å². The summed E-state index contributed by atoms with van der Waals surface area (Å²) in [5.74, 6) is 4.96. The van der Waals surface area contributed by atoms with Crippen LogP contribution in [0.15, 0.2) is 109 Å². The highest BCUT2D eigenvalue weighted by Crippen LogP contribution is 2.31. The predicted molar refractivity (Wildman–Crippen MR) is 285 cm³/mol. The van der Waals surface area contributed by atoms with Gasteiger partial charge in [0.25, 0.3) is 0 Å². The van der Waals surface area contributed by atoms with Crippen molar-refractivity contribution in [1.82, 2.24) is 64.3 Å². The van der Waals surface area contributed by atoms with Crippen molar-refractivity contribution in [2.45, 2.75) is 79.3 Å². The molecule has 0 unspecified atom stereocenters. The van der Waals surface area contributed by atoms with Gasteiger partial charge in [-0.15, -0.1) is 11.5 Å². The molecule has 0 radical (unpaired) electrons. The molecule has 0 atom stereocenters. The molecule has 23 nitrogen and oxygen atoms in total. The molecule has 0 aliphatic heterocycles. The molecular weight excluding hydrogens is 957 g/mol. The van der Waals surface area contributed by atoms with E-state index in [1.165, 1.54) is 7.11 Å². The van der Waals surface area contributed by atoms with Crippen molar-refractivity contribution in [2.24, 2.45) is 5.11 Å². The summed E-state index contributed by atoms with van der Waals surface area (Å²) in [5.41, 5.74) is 20.2. The zero-order valence-electron chi connectivity index (χ0n) is 43.5. The molecule has 9 rings (SSSR count). The Labute approximate surface area is 433 Å². The minimum Gasteiger partial charge on any atom is -0.497 e. The highest BCUT2D eigenvalue weighted by molar-refractivity contribution is 5.95. The molecular formula is C52H60N18O5. The number of nitrogens with one attached hydrogen (secondary N) is 1. The van der Waals surface area contributed by atoms with Gasteiger partial charge in [-0.25, -0.2) is 29.4 Å². The second-order valence-electron chi connectivity index (χ2n) is 17.1. The predicted octanol–water partition coefficient (Wildman–Crippen LogP) is 9.07. The Balaban J connectivity index is 0.000000173. The molecule has 388 valence electrons. The molecule has 3 N–H and O–H groups in total. The van der Waals surface area contributed by atoms with Crippen molar-refractivity contribution in [3.8, 4) is 41.0 Å². The molecule has 0 saturated carbocycles. The average Bonchev–Trinajstić information content (AvgIpc) is 4.29. The van der Waals surface area contributed by atoms with E-state index in [9.17, 15) is 4.79 Å². The molecule has 0 amide bonds. The standard InChI is InChI=1S/C19H17N3O2.C18H20N8O.C8H12N2O2.C7H11N5/c1-4-16-15-6-5-7-17(24-3)18(15)22-19(21-16)20-12-13-8-10-14(23-2)11-9-13;1-11(2)26-8-7-12(23-26)9-25-10-14(22-24-25)16-13-5-4-6-15(27-3)17(13)21-18(19)20-16;1-6(2)10-5-4-7(9-10)8(11)12-3;1-6(2)12-4-3-7(10-12)5-9-11-8/h1,5-11H,12H2,2-3H3,(H,20,21,22);4-8,10-11H,9H2,1-3H3,(H2,19,20,21);4-6H,1-3H3;3-4,6H,5H2,1-2H3. The van der Waals surface area contributed by atoms with Crippen molar-refractivity contribution in [2.75, 3.05) is 39.5 Å². The summed E-state index contributed by atoms with van der Waals surface area (Å²) in [6.45, 7) is 13.7. The van der Waals surface area contributed by atoms with Crippen LogP contribution >= 0.6 is 0 Å². The Bertz CT molecular complexity index is 3400. The Morgan fingerprint density at radius 2 is 1.35 bits per heavy atom. The molecule has 75 heavy (non-hydrogen) atoms. The van der Waals surface area contributed by atoms with Gasteiger partial charge in [0, 0.05) is 58.9 Å². The third kappa shape index (κ3) is 14.5. The zero-order valence-corrected chi connectivity index (χ0v) is 43.5. The molecule has 23 heteroatoms. The van der Waals surface area contributed by atoms with Gasteiger partial charge in [0.05, 0.1) is 59.1 Å². The van der Waals surface area contributed by atoms with Gasteiger partial charge < -0.3 is 30.0 Å². The SMILES string of the molecule is C#Cc1nc(NCc2ccc(OC)cc2)nc2c(OC)cccc12.CC(C)n1ccc(CN=[N+]=[N-])n1.COC(=O)c1ccn(C(C)C)n1.COc1cccc2c(-c3cn(Cc4ccn(C(C)C)n4)nn3)nc(N)nc12. The van der Waals surface area contributed by atoms with Crippen LogP contribution < -0.4 is 25.3 Å². The Morgan fingerprint density at radius 3 is 1.92 bits per heavy atom. The van der Waals surface area contributed by atoms with Gasteiger partial charge >= 0.3 is 5.97 Å². The van der Waals surface area contributed by atoms with Gasteiger partial charge in [-0.2, -0.15) is 15.3 Å². The Morgan fingerprint density at radius 1 is 0.747 bits per heavy atom. The van der Waals surface area contributed by atoms with Gasteiger partial charge in [0.15, 0.2) is 5.69 Å². The summed E-state index contributed by atoms with van der Waals surface area (Å²) >= 11 is 0. The van der Waals surface area contributed by atoms with Crippen LogP contribution in [0.25, 0.3) is 43.6 Å². The molecule has 0 bridgehead atoms. The van der Waals surface area contributed by atoms with Gasteiger partial charge in [0.2, 0.25) is 11.9 Å². The zero-order chi connectivity index (χ0) is 54.0. The number of hydrogen-bond donors (Lipinski definition) is 2. The molecule has 0 spiro atoms. The highest BCUT2D eigenvalue weighted by atomic mass is 16.5. The molecule has 9 aromatic rings. The lowest BCUT2D eigenvalue weighted by atomic mass is 10.1. The number of nitrogens with two attached hydrogens (primary N) is 1. The Hall–Kier alpha value is -9.55. The van der Waals surface area contributed by atoms with Crippen molar-refractivity contribution in [1.29, 1.82) is 0 Å². The van der Waals surface area contributed by atoms with E-state index in [2.05, 4.69) is 85.4 Å². The maximum Gasteiger partial charge on any atom is 0.358 e. The van der Waals surface area contributed by atoms with Crippen LogP contribution in [0.4, 0.5) is 11.9 Å². The molecule has 3 aromatic carbocycles. The molecule has 0 fully saturated rings. The summed E-state index contributed by atoms with van der Waals surface area (Å²) in [6, 6.07) is 25.4. The fraction of sp³-hybridized carbons (Fsp3) is 0.308. The Kier molecular flexibility index (Phi) is 19.2. The van der Waals surface area contributed by atoms with E-state index in [4.69, 9.17) is 31.9 Å². The van der Waals surface area contributed by atoms with E-state index in [-0.39, 0.29) is 12.0 Å². The number of azide groups is 1. The summed E-state index contributed by atoms with van der Waals surface area (Å²) in [4.78, 5) is 31.2. The minimum absolute atomic E-state index is 0.159. The fourth-order valence-electron chi connectivity index (χ4n) is 7.00. The number of carbonyl (C=O) groups excluding carboxylic acids is 1. The van der Waals surface area contributed by atoms with Crippen LogP contribution in [0.1, 0.15) is 92.8 Å². The molecule has 6 aromatic heterocycles. The maximum atomic E-state index is 11.0. The number of anilines is 2. The number of methoxy groups -OCH3 is 4. The third-order valence-corrected chi connectivity index (χ3v) is 10.9. The first-order valence-electron chi connectivity index (χ1n) is 23.6. The lowest BCUT2D eigenvalue weighted by molar-refractivity contribution is 0.0592. The summed E-state index contributed by atoms with van der Waals surface area (Å²) < 4.78 is 27.6. The van der Waals surface area contributed by atoms with E-state index in [0.29, 0.717) is 83.0 Å². The second kappa shape index (κ2) is 26.2. The number of terminal acetylenes is 1. The van der Waals surface area contributed by atoms with E-state index >= 15 is 0 Å². The van der Waals surface area contributed by atoms with Gasteiger partial charge in [-0.05, 0) is 107 Å². The topological polar surface area (TPSA) is 277 Å². The first-order valence-corrected chi connectivity index (χ1v) is 23.6. The van der Waals surface area contributed by atoms with E-state index < -0.39 is 5.97 Å². The number of benzene rings is 3. The lowest BCUT2D eigenvalue weighted by Crippen LogP contribution is -2.06. The minimum atomic E-state index is -0.394. The number of carbonyl (C=O) groups is 1. The number of ether oxygens (including phenoxy) is 4. The summed E-state index contributed by atoms with van der Waals surface area (Å²) in [6.07, 6.45) is 13.0. The largest absolute Gasteiger partial charge is 0.497 e. The number of hydrogen-bond acceptors (Lipinski definition) is 17. The molecule has 0 aliphatic carbocycles. The number of nitrogens with zero attached hydrogens (tertiary/aromatic N) is 16.